The molecule has 3 aliphatic rings. The van der Waals surface area contributed by atoms with Crippen LogP contribution in [0.2, 0.25) is 5.02 Å². The van der Waals surface area contributed by atoms with Gasteiger partial charge in [0.15, 0.2) is 5.69 Å². The molecule has 194 valence electrons. The van der Waals surface area contributed by atoms with Crippen molar-refractivity contribution in [2.75, 3.05) is 11.4 Å². The molecule has 9 nitrogen and oxygen atoms in total. The largest absolute Gasteiger partial charge is 0.348 e. The van der Waals surface area contributed by atoms with Crippen LogP contribution >= 0.6 is 11.6 Å². The minimum atomic E-state index is -1.73. The zero-order valence-electron chi connectivity index (χ0n) is 20.9. The van der Waals surface area contributed by atoms with Gasteiger partial charge < -0.3 is 5.32 Å². The van der Waals surface area contributed by atoms with Crippen LogP contribution in [0.5, 0.6) is 0 Å². The molecule has 11 heteroatoms. The lowest BCUT2D eigenvalue weighted by atomic mass is 9.71. The Morgan fingerprint density at radius 3 is 2.82 bits per heavy atom. The number of pyridine rings is 1. The predicted octanol–water partition coefficient (Wildman–Crippen LogP) is 3.86. The fourth-order valence-corrected chi connectivity index (χ4v) is 5.79. The Bertz CT molecular complexity index is 1510. The van der Waals surface area contributed by atoms with E-state index >= 15 is 4.39 Å². The smallest absolute Gasteiger partial charge is 0.273 e. The Labute approximate surface area is 223 Å². The molecule has 3 aromatic rings. The van der Waals surface area contributed by atoms with Crippen LogP contribution in [0, 0.1) is 30.1 Å². The highest BCUT2D eigenvalue weighted by Crippen LogP contribution is 2.48. The Hall–Kier alpha value is -3.84. The molecule has 2 aliphatic carbocycles. The van der Waals surface area contributed by atoms with Crippen molar-refractivity contribution in [2.45, 2.75) is 50.9 Å². The van der Waals surface area contributed by atoms with Gasteiger partial charge in [-0.25, -0.2) is 14.1 Å². The summed E-state index contributed by atoms with van der Waals surface area (Å²) in [6, 6.07) is 7.79. The van der Waals surface area contributed by atoms with E-state index in [0.717, 1.165) is 24.1 Å². The van der Waals surface area contributed by atoms with Crippen molar-refractivity contribution >= 4 is 29.2 Å². The van der Waals surface area contributed by atoms with E-state index in [2.05, 4.69) is 20.6 Å². The monoisotopic (exact) mass is 533 g/mol. The fraction of sp³-hybridized carbons (Fsp3) is 0.407. The number of carbonyl (C=O) groups excluding carboxylic acids is 2. The minimum absolute atomic E-state index is 0.0382. The van der Waals surface area contributed by atoms with Crippen LogP contribution in [-0.2, 0) is 10.5 Å². The first-order valence-corrected chi connectivity index (χ1v) is 12.9. The van der Waals surface area contributed by atoms with Crippen molar-refractivity contribution in [3.8, 4) is 6.07 Å². The minimum Gasteiger partial charge on any atom is -0.348 e. The maximum Gasteiger partial charge on any atom is 0.273 e. The number of rotatable bonds is 6. The Kier molecular flexibility index (Phi) is 5.72. The number of benzene rings is 1. The van der Waals surface area contributed by atoms with Gasteiger partial charge in [-0.3, -0.25) is 14.5 Å². The van der Waals surface area contributed by atoms with E-state index in [1.165, 1.54) is 12.1 Å². The van der Waals surface area contributed by atoms with Crippen molar-refractivity contribution in [1.29, 1.82) is 5.26 Å². The first-order chi connectivity index (χ1) is 18.2. The van der Waals surface area contributed by atoms with Gasteiger partial charge in [0.05, 0.1) is 23.9 Å². The third kappa shape index (κ3) is 4.11. The number of hydrogen-bond acceptors (Lipinski definition) is 6. The average molecular weight is 534 g/mol. The number of nitrogens with zero attached hydrogens (tertiary/aromatic N) is 6. The van der Waals surface area contributed by atoms with Gasteiger partial charge in [0.25, 0.3) is 5.91 Å². The zero-order chi connectivity index (χ0) is 26.8. The molecule has 0 radical (unpaired) electrons. The van der Waals surface area contributed by atoms with Gasteiger partial charge in [-0.15, -0.1) is 5.10 Å². The van der Waals surface area contributed by atoms with Crippen LogP contribution in [0.4, 0.5) is 10.2 Å². The second-order valence-corrected chi connectivity index (χ2v) is 11.0. The summed E-state index contributed by atoms with van der Waals surface area (Å²) in [6.45, 7) is 4.62. The van der Waals surface area contributed by atoms with Crippen molar-refractivity contribution in [3.63, 3.8) is 0 Å². The standard InChI is InChI=1S/C27H25ClFN7O2/c1-14-5-24(35-12-17-6-20(17)26(35)38)31-11-21(14)15(2)36-13-23(33-34-36)25(37)32-19-8-27(29,9-19)22-7-18(28)4-3-16(22)10-30/h3-5,7,11,13,15,17,19-20H,6,8-9,12H2,1-2H3,(H,32,37)/t15?,17-,19?,20-,27?/m1/s1. The second kappa shape index (κ2) is 8.88. The third-order valence-electron chi connectivity index (χ3n) is 7.99. The molecule has 1 N–H and O–H groups in total. The van der Waals surface area contributed by atoms with Gasteiger partial charge in [-0.2, -0.15) is 5.26 Å². The van der Waals surface area contributed by atoms with E-state index in [4.69, 9.17) is 11.6 Å². The lowest BCUT2D eigenvalue weighted by Gasteiger charge is -2.42. The summed E-state index contributed by atoms with van der Waals surface area (Å²) in [5.41, 5.74) is 0.746. The Morgan fingerprint density at radius 2 is 2.13 bits per heavy atom. The van der Waals surface area contributed by atoms with E-state index in [-0.39, 0.29) is 47.5 Å². The molecule has 3 heterocycles. The average Bonchev–Trinajstić information content (AvgIpc) is 3.33. The van der Waals surface area contributed by atoms with Gasteiger partial charge >= 0.3 is 0 Å². The molecule has 2 aromatic heterocycles. The van der Waals surface area contributed by atoms with Crippen LogP contribution in [0.3, 0.4) is 0 Å². The highest BCUT2D eigenvalue weighted by molar-refractivity contribution is 6.30. The SMILES string of the molecule is Cc1cc(N2C[C@H]3C[C@H]3C2=O)ncc1C(C)n1cc(C(=O)NC2CC(F)(c3cc(Cl)ccc3C#N)C2)nn1. The number of nitriles is 1. The molecule has 3 fully saturated rings. The number of anilines is 1. The number of piperidine rings is 1. The fourth-order valence-electron chi connectivity index (χ4n) is 5.62. The molecular formula is C27H25ClFN7O2. The number of aromatic nitrogens is 4. The predicted molar refractivity (Wildman–Crippen MR) is 136 cm³/mol. The lowest BCUT2D eigenvalue weighted by Crippen LogP contribution is -2.51. The molecule has 1 saturated heterocycles. The molecule has 1 aromatic carbocycles. The number of carbonyl (C=O) groups is 2. The third-order valence-corrected chi connectivity index (χ3v) is 8.22. The van der Waals surface area contributed by atoms with Crippen molar-refractivity contribution < 1.29 is 14.0 Å². The maximum absolute atomic E-state index is 15.5. The van der Waals surface area contributed by atoms with Crippen molar-refractivity contribution in [3.05, 3.63) is 69.6 Å². The van der Waals surface area contributed by atoms with Gasteiger partial charge in [0.1, 0.15) is 11.5 Å². The number of alkyl halides is 1. The van der Waals surface area contributed by atoms with E-state index in [9.17, 15) is 14.9 Å². The van der Waals surface area contributed by atoms with E-state index in [1.807, 2.05) is 26.0 Å². The molecule has 38 heavy (non-hydrogen) atoms. The van der Waals surface area contributed by atoms with Crippen molar-refractivity contribution in [1.82, 2.24) is 25.3 Å². The first-order valence-electron chi connectivity index (χ1n) is 12.6. The highest BCUT2D eigenvalue weighted by Gasteiger charge is 2.53. The zero-order valence-corrected chi connectivity index (χ0v) is 21.6. The highest BCUT2D eigenvalue weighted by atomic mass is 35.5. The summed E-state index contributed by atoms with van der Waals surface area (Å²) < 4.78 is 17.0. The summed E-state index contributed by atoms with van der Waals surface area (Å²) in [7, 11) is 0. The summed E-state index contributed by atoms with van der Waals surface area (Å²) in [4.78, 5) is 31.5. The van der Waals surface area contributed by atoms with Gasteiger partial charge in [0.2, 0.25) is 5.91 Å². The quantitative estimate of drug-likeness (QED) is 0.514. The van der Waals surface area contributed by atoms with Crippen molar-refractivity contribution in [2.24, 2.45) is 11.8 Å². The second-order valence-electron chi connectivity index (χ2n) is 10.6. The lowest BCUT2D eigenvalue weighted by molar-refractivity contribution is -0.118. The topological polar surface area (TPSA) is 117 Å². The first kappa shape index (κ1) is 24.5. The maximum atomic E-state index is 15.5. The number of nitrogens with one attached hydrogen (secondary N) is 1. The number of fused-ring (bicyclic) bond motifs is 1. The number of hydrogen-bond donors (Lipinski definition) is 1. The summed E-state index contributed by atoms with van der Waals surface area (Å²) in [5.74, 6) is 1.01. The molecule has 1 unspecified atom stereocenters. The van der Waals surface area contributed by atoms with Crippen LogP contribution in [0.15, 0.2) is 36.7 Å². The number of aryl methyl sites for hydroxylation is 1. The van der Waals surface area contributed by atoms with Crippen LogP contribution in [0.1, 0.15) is 65.0 Å². The summed E-state index contributed by atoms with van der Waals surface area (Å²) in [5, 5.41) is 20.6. The van der Waals surface area contributed by atoms with E-state index < -0.39 is 17.6 Å². The molecule has 1 aliphatic heterocycles. The van der Waals surface area contributed by atoms with Crippen LogP contribution in [0.25, 0.3) is 0 Å². The number of halogens is 2. The Balaban J connectivity index is 1.10. The summed E-state index contributed by atoms with van der Waals surface area (Å²) >= 11 is 6.01. The van der Waals surface area contributed by atoms with Crippen LogP contribution < -0.4 is 10.2 Å². The Morgan fingerprint density at radius 1 is 1.34 bits per heavy atom. The molecular weight excluding hydrogens is 509 g/mol. The van der Waals surface area contributed by atoms with Gasteiger partial charge in [-0.1, -0.05) is 16.8 Å². The van der Waals surface area contributed by atoms with Gasteiger partial charge in [-0.05, 0) is 61.6 Å². The molecule has 0 bridgehead atoms. The normalized spacial score (nSPS) is 26.3. The van der Waals surface area contributed by atoms with E-state index in [1.54, 1.807) is 28.0 Å². The molecule has 0 spiro atoms. The molecule has 2 amide bonds. The summed E-state index contributed by atoms with van der Waals surface area (Å²) in [6.07, 6.45) is 4.36. The molecule has 3 atom stereocenters. The van der Waals surface area contributed by atoms with E-state index in [0.29, 0.717) is 16.8 Å². The molecule has 6 rings (SSSR count). The number of amides is 2. The van der Waals surface area contributed by atoms with Gasteiger partial charge in [0, 0.05) is 48.1 Å². The molecule has 2 saturated carbocycles. The van der Waals surface area contributed by atoms with Crippen LogP contribution in [-0.4, -0.2) is 44.4 Å².